The molecule has 0 amide bonds. The number of rotatable bonds is 6. The first-order valence-electron chi connectivity index (χ1n) is 9.75. The summed E-state index contributed by atoms with van der Waals surface area (Å²) in [7, 11) is -3.54. The van der Waals surface area contributed by atoms with E-state index in [0.717, 1.165) is 23.6 Å². The minimum Gasteiger partial charge on any atom is -0.454 e. The van der Waals surface area contributed by atoms with Crippen molar-refractivity contribution in [1.29, 1.82) is 0 Å². The minimum atomic E-state index is -3.54. The summed E-state index contributed by atoms with van der Waals surface area (Å²) in [6, 6.07) is 18.5. The molecule has 30 heavy (non-hydrogen) atoms. The van der Waals surface area contributed by atoms with E-state index < -0.39 is 16.0 Å². The molecule has 1 aliphatic rings. The zero-order chi connectivity index (χ0) is 21.1. The van der Waals surface area contributed by atoms with Gasteiger partial charge in [-0.25, -0.2) is 13.2 Å². The Kier molecular flexibility index (Phi) is 5.65. The highest BCUT2D eigenvalue weighted by Crippen LogP contribution is 2.22. The van der Waals surface area contributed by atoms with Gasteiger partial charge in [0, 0.05) is 18.7 Å². The zero-order valence-corrected chi connectivity index (χ0v) is 17.1. The number of benzene rings is 3. The molecule has 7 heteroatoms. The van der Waals surface area contributed by atoms with Crippen LogP contribution >= 0.6 is 0 Å². The van der Waals surface area contributed by atoms with Crippen LogP contribution in [-0.2, 0) is 14.8 Å². The summed E-state index contributed by atoms with van der Waals surface area (Å²) in [6.45, 7) is 0.644. The number of carbonyl (C=O) groups is 2. The Morgan fingerprint density at radius 1 is 0.867 bits per heavy atom. The average molecular weight is 423 g/mol. The number of Topliss-reactive ketones (excluding diaryl/α,β-unsaturated/α-hetero) is 1. The molecule has 1 fully saturated rings. The predicted octanol–water partition coefficient (Wildman–Crippen LogP) is 3.66. The van der Waals surface area contributed by atoms with Crippen molar-refractivity contribution in [1.82, 2.24) is 4.31 Å². The Morgan fingerprint density at radius 2 is 1.53 bits per heavy atom. The van der Waals surface area contributed by atoms with Crippen molar-refractivity contribution in [2.75, 3.05) is 19.7 Å². The van der Waals surface area contributed by atoms with Crippen molar-refractivity contribution in [3.05, 3.63) is 77.9 Å². The van der Waals surface area contributed by atoms with Crippen molar-refractivity contribution < 1.29 is 22.7 Å². The van der Waals surface area contributed by atoms with Crippen molar-refractivity contribution in [2.24, 2.45) is 0 Å². The summed E-state index contributed by atoms with van der Waals surface area (Å²) in [5.74, 6) is -0.970. The lowest BCUT2D eigenvalue weighted by Gasteiger charge is -2.15. The third-order valence-electron chi connectivity index (χ3n) is 5.22. The molecule has 0 N–H and O–H groups in total. The average Bonchev–Trinajstić information content (AvgIpc) is 3.33. The first-order valence-corrected chi connectivity index (χ1v) is 11.2. The van der Waals surface area contributed by atoms with E-state index in [9.17, 15) is 18.0 Å². The molecular weight excluding hydrogens is 402 g/mol. The van der Waals surface area contributed by atoms with E-state index in [2.05, 4.69) is 0 Å². The van der Waals surface area contributed by atoms with Crippen LogP contribution in [0.4, 0.5) is 0 Å². The molecule has 0 bridgehead atoms. The molecule has 4 rings (SSSR count). The van der Waals surface area contributed by atoms with Gasteiger partial charge in [-0.3, -0.25) is 4.79 Å². The quantitative estimate of drug-likeness (QED) is 0.446. The Hall–Kier alpha value is -3.03. The smallest absolute Gasteiger partial charge is 0.338 e. The van der Waals surface area contributed by atoms with Crippen LogP contribution in [0.3, 0.4) is 0 Å². The lowest BCUT2D eigenvalue weighted by atomic mass is 10.0. The number of nitrogens with zero attached hydrogens (tertiary/aromatic N) is 1. The molecule has 0 atom stereocenters. The number of hydrogen-bond acceptors (Lipinski definition) is 5. The molecule has 0 radical (unpaired) electrons. The summed E-state index contributed by atoms with van der Waals surface area (Å²) in [4.78, 5) is 25.0. The van der Waals surface area contributed by atoms with Gasteiger partial charge in [0.2, 0.25) is 15.8 Å². The number of hydrogen-bond donors (Lipinski definition) is 0. The Labute approximate surface area is 175 Å². The molecule has 3 aromatic carbocycles. The van der Waals surface area contributed by atoms with Gasteiger partial charge in [0.05, 0.1) is 10.5 Å². The van der Waals surface area contributed by atoms with Gasteiger partial charge in [0.25, 0.3) is 0 Å². The van der Waals surface area contributed by atoms with E-state index in [1.807, 2.05) is 30.3 Å². The van der Waals surface area contributed by atoms with Crippen LogP contribution in [0.2, 0.25) is 0 Å². The molecular formula is C23H21NO5S. The summed E-state index contributed by atoms with van der Waals surface area (Å²) in [5, 5.41) is 1.74. The topological polar surface area (TPSA) is 80.8 Å². The largest absolute Gasteiger partial charge is 0.454 e. The van der Waals surface area contributed by atoms with Crippen LogP contribution in [0.15, 0.2) is 71.6 Å². The SMILES string of the molecule is O=C(OCC(=O)c1cccc2ccccc12)c1ccc(S(=O)(=O)N2CCCC2)cc1. The van der Waals surface area contributed by atoms with Gasteiger partial charge in [-0.05, 0) is 47.9 Å². The Morgan fingerprint density at radius 3 is 2.27 bits per heavy atom. The Bertz CT molecular complexity index is 1190. The summed E-state index contributed by atoms with van der Waals surface area (Å²) in [5.41, 5.74) is 0.689. The molecule has 0 aromatic heterocycles. The second kappa shape index (κ2) is 8.38. The first kappa shape index (κ1) is 20.3. The van der Waals surface area contributed by atoms with Gasteiger partial charge in [-0.1, -0.05) is 42.5 Å². The molecule has 0 spiro atoms. The highest BCUT2D eigenvalue weighted by molar-refractivity contribution is 7.89. The molecule has 154 valence electrons. The Balaban J connectivity index is 1.43. The van der Waals surface area contributed by atoms with Gasteiger partial charge in [0.1, 0.15) is 0 Å². The highest BCUT2D eigenvalue weighted by Gasteiger charge is 2.27. The lowest BCUT2D eigenvalue weighted by Crippen LogP contribution is -2.27. The third-order valence-corrected chi connectivity index (χ3v) is 7.13. The second-order valence-electron chi connectivity index (χ2n) is 7.16. The molecule has 1 saturated heterocycles. The minimum absolute atomic E-state index is 0.146. The van der Waals surface area contributed by atoms with Gasteiger partial charge in [0.15, 0.2) is 6.61 Å². The van der Waals surface area contributed by atoms with Crippen molar-refractivity contribution in [3.8, 4) is 0 Å². The number of carbonyl (C=O) groups excluding carboxylic acids is 2. The standard InChI is InChI=1S/C23H21NO5S/c25-22(21-9-5-7-17-6-1-2-8-20(17)21)16-29-23(26)18-10-12-19(13-11-18)30(27,28)24-14-3-4-15-24/h1-2,5-13H,3-4,14-16H2. The number of fused-ring (bicyclic) bond motifs is 1. The molecule has 6 nitrogen and oxygen atoms in total. The van der Waals surface area contributed by atoms with Crippen molar-refractivity contribution >= 4 is 32.5 Å². The van der Waals surface area contributed by atoms with E-state index in [0.29, 0.717) is 18.7 Å². The summed E-state index contributed by atoms with van der Waals surface area (Å²) in [6.07, 6.45) is 1.71. The highest BCUT2D eigenvalue weighted by atomic mass is 32.2. The normalized spacial score (nSPS) is 14.7. The molecule has 3 aromatic rings. The third kappa shape index (κ3) is 3.99. The molecule has 0 saturated carbocycles. The van der Waals surface area contributed by atoms with E-state index in [-0.39, 0.29) is 22.8 Å². The number of esters is 1. The van der Waals surface area contributed by atoms with Crippen LogP contribution in [-0.4, -0.2) is 44.2 Å². The maximum Gasteiger partial charge on any atom is 0.338 e. The van der Waals surface area contributed by atoms with Crippen LogP contribution in [0.1, 0.15) is 33.6 Å². The number of sulfonamides is 1. The van der Waals surface area contributed by atoms with Crippen LogP contribution in [0.25, 0.3) is 10.8 Å². The molecule has 1 heterocycles. The van der Waals surface area contributed by atoms with E-state index in [4.69, 9.17) is 4.74 Å². The van der Waals surface area contributed by atoms with Gasteiger partial charge < -0.3 is 4.74 Å². The molecule has 0 unspecified atom stereocenters. The van der Waals surface area contributed by atoms with E-state index >= 15 is 0 Å². The van der Waals surface area contributed by atoms with E-state index in [1.54, 1.807) is 12.1 Å². The molecule has 1 aliphatic heterocycles. The van der Waals surface area contributed by atoms with Gasteiger partial charge >= 0.3 is 5.97 Å². The fourth-order valence-electron chi connectivity index (χ4n) is 3.60. The van der Waals surface area contributed by atoms with Crippen LogP contribution in [0, 0.1) is 0 Å². The first-order chi connectivity index (χ1) is 14.5. The number of ether oxygens (including phenoxy) is 1. The summed E-state index contributed by atoms with van der Waals surface area (Å²) >= 11 is 0. The number of ketones is 1. The van der Waals surface area contributed by atoms with Crippen molar-refractivity contribution in [2.45, 2.75) is 17.7 Å². The molecule has 0 aliphatic carbocycles. The van der Waals surface area contributed by atoms with Crippen molar-refractivity contribution in [3.63, 3.8) is 0 Å². The van der Waals surface area contributed by atoms with Gasteiger partial charge in [-0.15, -0.1) is 0 Å². The lowest BCUT2D eigenvalue weighted by molar-refractivity contribution is 0.0475. The predicted molar refractivity (Wildman–Crippen MR) is 113 cm³/mol. The van der Waals surface area contributed by atoms with Gasteiger partial charge in [-0.2, -0.15) is 4.31 Å². The monoisotopic (exact) mass is 423 g/mol. The maximum atomic E-state index is 12.6. The maximum absolute atomic E-state index is 12.6. The summed E-state index contributed by atoms with van der Waals surface area (Å²) < 4.78 is 31.7. The fraction of sp³-hybridized carbons (Fsp3) is 0.217. The van der Waals surface area contributed by atoms with Crippen LogP contribution < -0.4 is 0 Å². The van der Waals surface area contributed by atoms with E-state index in [1.165, 1.54) is 28.6 Å². The fourth-order valence-corrected chi connectivity index (χ4v) is 5.12. The zero-order valence-electron chi connectivity index (χ0n) is 16.3. The second-order valence-corrected chi connectivity index (χ2v) is 9.10. The van der Waals surface area contributed by atoms with Crippen LogP contribution in [0.5, 0.6) is 0 Å².